The first kappa shape index (κ1) is 19.8. The summed E-state index contributed by atoms with van der Waals surface area (Å²) in [7, 11) is 2.39. The molecular formula is C15H33NO2. The molecule has 0 saturated carbocycles. The molecule has 0 fully saturated rings. The maximum atomic E-state index is 9.91. The highest BCUT2D eigenvalue weighted by atomic mass is 16.4. The highest BCUT2D eigenvalue weighted by Gasteiger charge is 2.16. The van der Waals surface area contributed by atoms with Gasteiger partial charge in [-0.25, -0.2) is 0 Å². The fourth-order valence-electron chi connectivity index (χ4n) is 1.95. The van der Waals surface area contributed by atoms with E-state index >= 15 is 0 Å². The second-order valence-corrected chi connectivity index (χ2v) is 6.33. The Balaban J connectivity index is 0. The van der Waals surface area contributed by atoms with Gasteiger partial charge in [0, 0.05) is 11.4 Å². The van der Waals surface area contributed by atoms with Crippen molar-refractivity contribution in [1.29, 1.82) is 0 Å². The average molecular weight is 259 g/mol. The Hall–Kier alpha value is -0.570. The summed E-state index contributed by atoms with van der Waals surface area (Å²) in [4.78, 5) is 9.91. The number of carboxylic acid groups (broad SMARTS) is 1. The lowest BCUT2D eigenvalue weighted by atomic mass is 9.98. The van der Waals surface area contributed by atoms with Gasteiger partial charge in [0.2, 0.25) is 0 Å². The summed E-state index contributed by atoms with van der Waals surface area (Å²) in [5, 5.41) is 9.91. The first-order valence-corrected chi connectivity index (χ1v) is 7.18. The Labute approximate surface area is 114 Å². The molecule has 0 aliphatic rings. The van der Waals surface area contributed by atoms with Crippen molar-refractivity contribution in [3.05, 3.63) is 0 Å². The Morgan fingerprint density at radius 3 is 1.28 bits per heavy atom. The van der Waals surface area contributed by atoms with E-state index in [0.29, 0.717) is 0 Å². The number of quaternary nitrogens is 1. The SMILES string of the molecule is CC(C)(C)C(=O)[O-].CCC[N+](C)(CCC)CCC. The molecule has 0 aliphatic heterocycles. The normalized spacial score (nSPS) is 11.7. The van der Waals surface area contributed by atoms with Crippen LogP contribution in [0.5, 0.6) is 0 Å². The number of carbonyl (C=O) groups excluding carboxylic acids is 1. The minimum Gasteiger partial charge on any atom is -0.550 e. The van der Waals surface area contributed by atoms with Crippen LogP contribution < -0.4 is 5.11 Å². The Morgan fingerprint density at radius 2 is 1.17 bits per heavy atom. The predicted octanol–water partition coefficient (Wildman–Crippen LogP) is 2.45. The van der Waals surface area contributed by atoms with Crippen molar-refractivity contribution in [1.82, 2.24) is 0 Å². The van der Waals surface area contributed by atoms with Crippen LogP contribution in [0.1, 0.15) is 60.8 Å². The number of carboxylic acids is 1. The van der Waals surface area contributed by atoms with Gasteiger partial charge in [-0.2, -0.15) is 0 Å². The summed E-state index contributed by atoms with van der Waals surface area (Å²) in [5.41, 5.74) is -0.694. The molecule has 0 bridgehead atoms. The van der Waals surface area contributed by atoms with Gasteiger partial charge in [0.15, 0.2) is 0 Å². The standard InChI is InChI=1S/C10H24N.C5H10O2/c1-5-8-11(4,9-6-2)10-7-3;1-5(2,3)4(6)7/h5-10H2,1-4H3;1-3H3,(H,6,7)/q+1;/p-1. The van der Waals surface area contributed by atoms with E-state index in [1.165, 1.54) is 43.4 Å². The zero-order valence-electron chi connectivity index (χ0n) is 13.5. The molecule has 3 nitrogen and oxygen atoms in total. The number of hydrogen-bond acceptors (Lipinski definition) is 2. The van der Waals surface area contributed by atoms with Crippen LogP contribution in [-0.2, 0) is 4.79 Å². The van der Waals surface area contributed by atoms with Gasteiger partial charge in [-0.3, -0.25) is 0 Å². The van der Waals surface area contributed by atoms with Gasteiger partial charge >= 0.3 is 0 Å². The van der Waals surface area contributed by atoms with Gasteiger partial charge in [-0.1, -0.05) is 41.5 Å². The minimum atomic E-state index is -1.01. The lowest BCUT2D eigenvalue weighted by Gasteiger charge is -2.33. The molecule has 0 unspecified atom stereocenters. The van der Waals surface area contributed by atoms with Gasteiger partial charge in [-0.05, 0) is 19.3 Å². The van der Waals surface area contributed by atoms with Gasteiger partial charge in [0.1, 0.15) is 0 Å². The van der Waals surface area contributed by atoms with Crippen LogP contribution >= 0.6 is 0 Å². The lowest BCUT2D eigenvalue weighted by molar-refractivity contribution is -0.909. The Bertz CT molecular complexity index is 202. The topological polar surface area (TPSA) is 40.1 Å². The molecule has 0 aromatic rings. The van der Waals surface area contributed by atoms with Crippen LogP contribution in [0, 0.1) is 5.41 Å². The quantitative estimate of drug-likeness (QED) is 0.687. The van der Waals surface area contributed by atoms with E-state index in [1.54, 1.807) is 20.8 Å². The maximum absolute atomic E-state index is 9.91. The Kier molecular flexibility index (Phi) is 10.3. The van der Waals surface area contributed by atoms with Crippen molar-refractivity contribution in [3.8, 4) is 0 Å². The summed E-state index contributed by atoms with van der Waals surface area (Å²) < 4.78 is 1.28. The third-order valence-corrected chi connectivity index (χ3v) is 2.90. The van der Waals surface area contributed by atoms with E-state index in [1.807, 2.05) is 0 Å². The number of hydrogen-bond donors (Lipinski definition) is 0. The largest absolute Gasteiger partial charge is 0.550 e. The van der Waals surface area contributed by atoms with Crippen molar-refractivity contribution in [2.75, 3.05) is 26.7 Å². The monoisotopic (exact) mass is 259 g/mol. The third kappa shape index (κ3) is 10.6. The second-order valence-electron chi connectivity index (χ2n) is 6.33. The Morgan fingerprint density at radius 1 is 0.944 bits per heavy atom. The second kappa shape index (κ2) is 9.37. The molecule has 18 heavy (non-hydrogen) atoms. The fourth-order valence-corrected chi connectivity index (χ4v) is 1.95. The first-order chi connectivity index (χ1) is 8.13. The number of nitrogens with zero attached hydrogens (tertiary/aromatic N) is 1. The average Bonchev–Trinajstić information content (AvgIpc) is 2.17. The van der Waals surface area contributed by atoms with Crippen molar-refractivity contribution in [3.63, 3.8) is 0 Å². The number of carbonyl (C=O) groups is 1. The summed E-state index contributed by atoms with van der Waals surface area (Å²) in [6, 6.07) is 0. The van der Waals surface area contributed by atoms with Crippen molar-refractivity contribution in [2.24, 2.45) is 5.41 Å². The molecule has 0 aromatic heterocycles. The lowest BCUT2D eigenvalue weighted by Crippen LogP contribution is -2.45. The van der Waals surface area contributed by atoms with Crippen LogP contribution in [0.4, 0.5) is 0 Å². The molecule has 3 heteroatoms. The van der Waals surface area contributed by atoms with E-state index in [9.17, 15) is 9.90 Å². The highest BCUT2D eigenvalue weighted by molar-refractivity contribution is 5.70. The molecule has 0 radical (unpaired) electrons. The van der Waals surface area contributed by atoms with E-state index in [-0.39, 0.29) is 0 Å². The fraction of sp³-hybridized carbons (Fsp3) is 0.933. The molecular weight excluding hydrogens is 226 g/mol. The molecule has 0 aliphatic carbocycles. The van der Waals surface area contributed by atoms with E-state index in [4.69, 9.17) is 0 Å². The predicted molar refractivity (Wildman–Crippen MR) is 76.1 cm³/mol. The molecule has 0 atom stereocenters. The summed E-state index contributed by atoms with van der Waals surface area (Å²) in [6.07, 6.45) is 3.95. The molecule has 0 amide bonds. The van der Waals surface area contributed by atoms with Crippen LogP contribution in [0.2, 0.25) is 0 Å². The molecule has 0 heterocycles. The molecule has 0 spiro atoms. The van der Waals surface area contributed by atoms with Gasteiger partial charge in [0.05, 0.1) is 26.7 Å². The van der Waals surface area contributed by atoms with Crippen LogP contribution in [0.3, 0.4) is 0 Å². The molecule has 0 aromatic carbocycles. The van der Waals surface area contributed by atoms with Gasteiger partial charge in [0.25, 0.3) is 0 Å². The smallest absolute Gasteiger partial charge is 0.0781 e. The van der Waals surface area contributed by atoms with E-state index < -0.39 is 11.4 Å². The summed E-state index contributed by atoms with van der Waals surface area (Å²) >= 11 is 0. The number of rotatable bonds is 6. The molecule has 110 valence electrons. The zero-order chi connectivity index (χ0) is 14.8. The third-order valence-electron chi connectivity index (χ3n) is 2.90. The van der Waals surface area contributed by atoms with Crippen molar-refractivity contribution >= 4 is 5.97 Å². The highest BCUT2D eigenvalue weighted by Crippen LogP contribution is 2.09. The minimum absolute atomic E-state index is 0.694. The van der Waals surface area contributed by atoms with E-state index in [0.717, 1.165) is 0 Å². The molecule has 0 N–H and O–H groups in total. The zero-order valence-corrected chi connectivity index (χ0v) is 13.5. The van der Waals surface area contributed by atoms with Gasteiger partial charge < -0.3 is 14.4 Å². The molecule has 0 saturated heterocycles. The van der Waals surface area contributed by atoms with Crippen LogP contribution in [0.25, 0.3) is 0 Å². The van der Waals surface area contributed by atoms with E-state index in [2.05, 4.69) is 27.8 Å². The van der Waals surface area contributed by atoms with Gasteiger partial charge in [-0.15, -0.1) is 0 Å². The summed E-state index contributed by atoms with van der Waals surface area (Å²) in [6.45, 7) is 15.7. The number of aliphatic carboxylic acids is 1. The van der Waals surface area contributed by atoms with Crippen molar-refractivity contribution < 1.29 is 14.4 Å². The maximum Gasteiger partial charge on any atom is 0.0781 e. The van der Waals surface area contributed by atoms with Crippen LogP contribution in [-0.4, -0.2) is 37.1 Å². The first-order valence-electron chi connectivity index (χ1n) is 7.18. The van der Waals surface area contributed by atoms with Crippen LogP contribution in [0.15, 0.2) is 0 Å². The van der Waals surface area contributed by atoms with Crippen molar-refractivity contribution in [2.45, 2.75) is 60.8 Å². The molecule has 0 rings (SSSR count). The summed E-state index contributed by atoms with van der Waals surface area (Å²) in [5.74, 6) is -1.01.